The van der Waals surface area contributed by atoms with E-state index in [-0.39, 0.29) is 35.5 Å². The summed E-state index contributed by atoms with van der Waals surface area (Å²) in [6.07, 6.45) is 4.02. The van der Waals surface area contributed by atoms with E-state index >= 15 is 0 Å². The molecule has 2 bridgehead atoms. The van der Waals surface area contributed by atoms with E-state index in [9.17, 15) is 28.1 Å². The Morgan fingerprint density at radius 1 is 1.28 bits per heavy atom. The largest absolute Gasteiger partial charge is 0.492 e. The number of carbonyl (C=O) groups excluding carboxylic acids is 2. The van der Waals surface area contributed by atoms with Gasteiger partial charge < -0.3 is 24.3 Å². The molecule has 43 heavy (non-hydrogen) atoms. The van der Waals surface area contributed by atoms with E-state index in [1.165, 1.54) is 0 Å². The average Bonchev–Trinajstić information content (AvgIpc) is 3.47. The highest BCUT2D eigenvalue weighted by atomic mass is 32.2. The number of aliphatic hydroxyl groups excluding tert-OH is 1. The maximum absolute atomic E-state index is 13.6. The minimum atomic E-state index is -3.44. The molecule has 3 N–H and O–H groups in total. The molecule has 1 aromatic rings. The Morgan fingerprint density at radius 2 is 2.00 bits per heavy atom. The molecular weight excluding hydrogens is 573 g/mol. The molecule has 1 heterocycles. The maximum Gasteiger partial charge on any atom is 0.492 e. The lowest BCUT2D eigenvalue weighted by molar-refractivity contribution is -0.207. The highest BCUT2D eigenvalue weighted by molar-refractivity contribution is 7.88. The fourth-order valence-electron chi connectivity index (χ4n) is 8.67. The number of fused-ring (bicyclic) bond motifs is 1. The summed E-state index contributed by atoms with van der Waals surface area (Å²) in [5, 5.41) is 22.1. The van der Waals surface area contributed by atoms with Crippen LogP contribution in [0.5, 0.6) is 5.75 Å². The van der Waals surface area contributed by atoms with Crippen molar-refractivity contribution in [2.75, 3.05) is 19.4 Å². The van der Waals surface area contributed by atoms with E-state index in [2.05, 4.69) is 32.1 Å². The SMILES string of the molecule is C=C[C@]1(C)C[C@@H](OC(=O)COc2ccc3c(c2)B(O)OC3CNS(C)(=O)=O)[C@]2(C)[C@H](C)CC[C@]3(CCC(=O)[C@H]32)[C@@H](C)[C@@H]1O. The average molecular weight is 618 g/mol. The third-order valence-electron chi connectivity index (χ3n) is 11.4. The Balaban J connectivity index is 1.36. The van der Waals surface area contributed by atoms with Crippen LogP contribution in [0.1, 0.15) is 71.5 Å². The van der Waals surface area contributed by atoms with Gasteiger partial charge in [-0.05, 0) is 66.1 Å². The minimum Gasteiger partial charge on any atom is -0.482 e. The Hall–Kier alpha value is -2.25. The van der Waals surface area contributed by atoms with Gasteiger partial charge >= 0.3 is 13.1 Å². The molecule has 0 amide bonds. The molecule has 1 aromatic carbocycles. The first-order chi connectivity index (χ1) is 20.1. The van der Waals surface area contributed by atoms with Crippen molar-refractivity contribution in [3.8, 4) is 5.75 Å². The summed E-state index contributed by atoms with van der Waals surface area (Å²) in [7, 11) is -4.71. The van der Waals surface area contributed by atoms with Crippen molar-refractivity contribution in [2.24, 2.45) is 34.0 Å². The number of ether oxygens (including phenoxy) is 2. The number of aliphatic hydroxyl groups is 1. The molecule has 1 unspecified atom stereocenters. The summed E-state index contributed by atoms with van der Waals surface area (Å²) in [4.78, 5) is 26.9. The van der Waals surface area contributed by atoms with Gasteiger partial charge in [0, 0.05) is 29.7 Å². The fraction of sp³-hybridized carbons (Fsp3) is 0.677. The van der Waals surface area contributed by atoms with Crippen molar-refractivity contribution >= 4 is 34.4 Å². The van der Waals surface area contributed by atoms with E-state index in [0.717, 1.165) is 25.5 Å². The smallest absolute Gasteiger partial charge is 0.482 e. The Bertz CT molecular complexity index is 1400. The van der Waals surface area contributed by atoms with Crippen LogP contribution in [-0.2, 0) is 29.0 Å². The zero-order valence-electron chi connectivity index (χ0n) is 25.7. The number of hydrogen-bond donors (Lipinski definition) is 3. The monoisotopic (exact) mass is 617 g/mol. The van der Waals surface area contributed by atoms with E-state index in [1.54, 1.807) is 24.3 Å². The number of sulfonamides is 1. The van der Waals surface area contributed by atoms with Gasteiger partial charge in [0.05, 0.1) is 18.5 Å². The molecule has 10 nitrogen and oxygen atoms in total. The van der Waals surface area contributed by atoms with Gasteiger partial charge in [0.1, 0.15) is 17.6 Å². The quantitative estimate of drug-likeness (QED) is 0.227. The first kappa shape index (κ1) is 32.2. The van der Waals surface area contributed by atoms with Crippen molar-refractivity contribution in [3.05, 3.63) is 36.4 Å². The van der Waals surface area contributed by atoms with Crippen LogP contribution in [0.15, 0.2) is 30.9 Å². The first-order valence-electron chi connectivity index (χ1n) is 15.1. The molecule has 0 aromatic heterocycles. The number of carbonyl (C=O) groups is 2. The zero-order valence-corrected chi connectivity index (χ0v) is 26.5. The molecule has 0 radical (unpaired) electrons. The number of rotatable bonds is 8. The van der Waals surface area contributed by atoms with Crippen LogP contribution in [0, 0.1) is 34.0 Å². The van der Waals surface area contributed by atoms with Crippen molar-refractivity contribution in [2.45, 2.75) is 78.1 Å². The number of esters is 1. The van der Waals surface area contributed by atoms with Crippen LogP contribution in [-0.4, -0.2) is 69.0 Å². The molecule has 3 saturated carbocycles. The lowest BCUT2D eigenvalue weighted by atomic mass is 9.44. The van der Waals surface area contributed by atoms with Gasteiger partial charge in [-0.1, -0.05) is 39.8 Å². The van der Waals surface area contributed by atoms with Crippen LogP contribution < -0.4 is 14.9 Å². The highest BCUT2D eigenvalue weighted by Gasteiger charge is 2.68. The van der Waals surface area contributed by atoms with Gasteiger partial charge in [-0.2, -0.15) is 0 Å². The number of ketones is 1. The molecule has 3 aliphatic carbocycles. The second kappa shape index (κ2) is 11.3. The van der Waals surface area contributed by atoms with Crippen molar-refractivity contribution in [1.82, 2.24) is 4.72 Å². The number of nitrogens with one attached hydrogen (secondary N) is 1. The van der Waals surface area contributed by atoms with Gasteiger partial charge in [-0.15, -0.1) is 6.58 Å². The summed E-state index contributed by atoms with van der Waals surface area (Å²) < 4.78 is 42.9. The van der Waals surface area contributed by atoms with Crippen molar-refractivity contribution in [1.29, 1.82) is 0 Å². The Kier molecular flexibility index (Phi) is 8.44. The third kappa shape index (κ3) is 5.47. The number of Topliss-reactive ketones (excluding diaryl/α,β-unsaturated/α-hetero) is 1. The summed E-state index contributed by atoms with van der Waals surface area (Å²) >= 11 is 0. The summed E-state index contributed by atoms with van der Waals surface area (Å²) in [6.45, 7) is 11.9. The Labute approximate surface area is 254 Å². The predicted octanol–water partition coefficient (Wildman–Crippen LogP) is 2.28. The second-order valence-electron chi connectivity index (χ2n) is 13.7. The van der Waals surface area contributed by atoms with E-state index in [4.69, 9.17) is 14.1 Å². The second-order valence-corrected chi connectivity index (χ2v) is 15.6. The van der Waals surface area contributed by atoms with Crippen LogP contribution in [0.2, 0.25) is 0 Å². The van der Waals surface area contributed by atoms with Gasteiger partial charge in [0.25, 0.3) is 0 Å². The molecule has 9 atom stereocenters. The molecular formula is C31H44BNO9S. The van der Waals surface area contributed by atoms with E-state index in [1.807, 2.05) is 6.92 Å². The molecule has 236 valence electrons. The van der Waals surface area contributed by atoms with Gasteiger partial charge in [-0.25, -0.2) is 17.9 Å². The molecule has 1 aliphatic heterocycles. The van der Waals surface area contributed by atoms with Crippen LogP contribution in [0.3, 0.4) is 0 Å². The summed E-state index contributed by atoms with van der Waals surface area (Å²) in [5.41, 5.74) is -0.661. The number of benzene rings is 1. The van der Waals surface area contributed by atoms with Crippen molar-refractivity contribution < 1.29 is 42.3 Å². The van der Waals surface area contributed by atoms with E-state index < -0.39 is 58.9 Å². The molecule has 5 rings (SSSR count). The lowest BCUT2D eigenvalue weighted by Crippen LogP contribution is -2.63. The van der Waals surface area contributed by atoms with Crippen LogP contribution >= 0.6 is 0 Å². The lowest BCUT2D eigenvalue weighted by Gasteiger charge is -2.61. The molecule has 0 spiro atoms. The standard InChI is InChI=1S/C31H44BNO9S/c1-7-29(4)15-25(30(5)18(2)10-12-31(19(3)28(29)36)13-11-23(34)27(30)31)41-26(35)17-40-20-8-9-21-22(14-20)32(37)42-24(21)16-33-43(6,38)39/h7-9,14,18-19,24-25,27-28,33,36-37H,1,10-13,15-17H2,2-6H3/t18-,19+,24?,25-,27+,28+,29-,30+,31+/m1/s1. The van der Waals surface area contributed by atoms with Gasteiger partial charge in [-0.3, -0.25) is 4.79 Å². The fourth-order valence-corrected chi connectivity index (χ4v) is 9.13. The first-order valence-corrected chi connectivity index (χ1v) is 17.0. The minimum absolute atomic E-state index is 0.0319. The third-order valence-corrected chi connectivity index (χ3v) is 12.1. The van der Waals surface area contributed by atoms with Gasteiger partial charge in [0.15, 0.2) is 6.61 Å². The number of hydrogen-bond acceptors (Lipinski definition) is 9. The van der Waals surface area contributed by atoms with Crippen molar-refractivity contribution in [3.63, 3.8) is 0 Å². The van der Waals surface area contributed by atoms with Crippen LogP contribution in [0.4, 0.5) is 0 Å². The predicted molar refractivity (Wildman–Crippen MR) is 161 cm³/mol. The Morgan fingerprint density at radius 3 is 2.67 bits per heavy atom. The zero-order chi connectivity index (χ0) is 31.5. The normalized spacial score (nSPS) is 39.0. The van der Waals surface area contributed by atoms with E-state index in [0.29, 0.717) is 29.6 Å². The topological polar surface area (TPSA) is 148 Å². The molecule has 4 aliphatic rings. The maximum atomic E-state index is 13.6. The molecule has 0 saturated heterocycles. The summed E-state index contributed by atoms with van der Waals surface area (Å²) in [6, 6.07) is 4.86. The molecule has 3 fully saturated rings. The van der Waals surface area contributed by atoms with Gasteiger partial charge in [0.2, 0.25) is 10.0 Å². The molecule has 12 heteroatoms. The highest BCUT2D eigenvalue weighted by Crippen LogP contribution is 2.68. The van der Waals surface area contributed by atoms with Crippen LogP contribution in [0.25, 0.3) is 0 Å². The summed E-state index contributed by atoms with van der Waals surface area (Å²) in [5.74, 6) is -0.399.